The molecule has 0 aliphatic carbocycles. The number of hydrazone groups is 1. The molecule has 0 saturated heterocycles. The van der Waals surface area contributed by atoms with Crippen LogP contribution in [0, 0.1) is 0 Å². The Hall–Kier alpha value is -2.90. The maximum atomic E-state index is 12.1. The van der Waals surface area contributed by atoms with Crippen molar-refractivity contribution < 1.29 is 5.11 Å². The van der Waals surface area contributed by atoms with E-state index < -0.39 is 11.0 Å². The summed E-state index contributed by atoms with van der Waals surface area (Å²) in [5.74, 6) is 5.92. The van der Waals surface area contributed by atoms with Gasteiger partial charge in [0.1, 0.15) is 11.4 Å². The zero-order valence-electron chi connectivity index (χ0n) is 12.6. The number of aromatic nitrogens is 3. The van der Waals surface area contributed by atoms with Crippen molar-refractivity contribution in [2.24, 2.45) is 5.10 Å². The molecule has 0 fully saturated rings. The molecular weight excluding hydrogens is 284 g/mol. The van der Waals surface area contributed by atoms with E-state index in [0.717, 1.165) is 10.2 Å². The normalized spacial score (nSPS) is 11.8. The number of nitrogens with zero attached hydrogens (tertiary/aromatic N) is 4. The molecule has 0 unspecified atom stereocenters. The fourth-order valence-electron chi connectivity index (χ4n) is 1.67. The highest BCUT2D eigenvalue weighted by Gasteiger charge is 2.22. The van der Waals surface area contributed by atoms with Crippen LogP contribution in [0.2, 0.25) is 0 Å². The first-order valence-corrected chi connectivity index (χ1v) is 6.62. The van der Waals surface area contributed by atoms with Gasteiger partial charge >= 0.3 is 0 Å². The first kappa shape index (κ1) is 15.5. The lowest BCUT2D eigenvalue weighted by atomic mass is 9.93. The highest BCUT2D eigenvalue weighted by molar-refractivity contribution is 5.80. The van der Waals surface area contributed by atoms with Crippen LogP contribution in [0.1, 0.15) is 32.0 Å². The number of rotatable bonds is 3. The molecule has 22 heavy (non-hydrogen) atoms. The molecule has 0 atom stereocenters. The predicted octanol–water partition coefficient (Wildman–Crippen LogP) is 0.801. The molecule has 0 radical (unpaired) electrons. The zero-order valence-corrected chi connectivity index (χ0v) is 12.6. The molecule has 8 nitrogen and oxygen atoms in total. The van der Waals surface area contributed by atoms with Crippen LogP contribution in [0.5, 0.6) is 5.75 Å². The van der Waals surface area contributed by atoms with E-state index in [-0.39, 0.29) is 17.4 Å². The number of benzene rings is 1. The van der Waals surface area contributed by atoms with Crippen LogP contribution >= 0.6 is 0 Å². The number of nitrogens with two attached hydrogens (primary N) is 1. The van der Waals surface area contributed by atoms with Gasteiger partial charge in [-0.2, -0.15) is 9.78 Å². The molecule has 0 aliphatic rings. The van der Waals surface area contributed by atoms with Gasteiger partial charge in [0, 0.05) is 5.41 Å². The van der Waals surface area contributed by atoms with Crippen molar-refractivity contribution >= 4 is 12.2 Å². The van der Waals surface area contributed by atoms with E-state index in [4.69, 9.17) is 5.84 Å². The molecule has 0 spiro atoms. The van der Waals surface area contributed by atoms with Crippen LogP contribution in [0.3, 0.4) is 0 Å². The van der Waals surface area contributed by atoms with Crippen molar-refractivity contribution in [2.45, 2.75) is 26.2 Å². The number of nitrogens with one attached hydrogen (secondary N) is 1. The molecule has 0 bridgehead atoms. The standard InChI is InChI=1S/C14H18N6O2/c1-14(2,3)11-12(22)20(15)13(19-17-11)18-16-8-9-4-6-10(21)7-5-9/h4-8,21H,15H2,1-3H3,(H,18,19)/b16-8-. The van der Waals surface area contributed by atoms with Gasteiger partial charge in [0.05, 0.1) is 6.21 Å². The molecule has 0 saturated carbocycles. The Labute approximate surface area is 127 Å². The second kappa shape index (κ2) is 5.84. The van der Waals surface area contributed by atoms with Crippen LogP contribution in [0.15, 0.2) is 34.2 Å². The third-order valence-corrected chi connectivity index (χ3v) is 2.88. The highest BCUT2D eigenvalue weighted by Crippen LogP contribution is 2.15. The largest absolute Gasteiger partial charge is 0.508 e. The summed E-state index contributed by atoms with van der Waals surface area (Å²) in [5.41, 5.74) is 2.74. The van der Waals surface area contributed by atoms with Gasteiger partial charge in [-0.1, -0.05) is 20.8 Å². The van der Waals surface area contributed by atoms with E-state index in [1.807, 2.05) is 20.8 Å². The lowest BCUT2D eigenvalue weighted by Crippen LogP contribution is -2.38. The summed E-state index contributed by atoms with van der Waals surface area (Å²) in [6.45, 7) is 5.57. The summed E-state index contributed by atoms with van der Waals surface area (Å²) < 4.78 is 0.877. The molecule has 116 valence electrons. The maximum Gasteiger partial charge on any atom is 0.295 e. The van der Waals surface area contributed by atoms with E-state index in [0.29, 0.717) is 0 Å². The topological polar surface area (TPSA) is 118 Å². The molecule has 0 amide bonds. The summed E-state index contributed by atoms with van der Waals surface area (Å²) >= 11 is 0. The van der Waals surface area contributed by atoms with Gasteiger partial charge in [-0.05, 0) is 29.8 Å². The Morgan fingerprint density at radius 2 is 1.91 bits per heavy atom. The minimum absolute atomic E-state index is 0.0352. The van der Waals surface area contributed by atoms with Crippen molar-refractivity contribution in [2.75, 3.05) is 11.3 Å². The molecule has 1 aromatic heterocycles. The summed E-state index contributed by atoms with van der Waals surface area (Å²) in [7, 11) is 0. The Bertz CT molecular complexity index is 743. The third-order valence-electron chi connectivity index (χ3n) is 2.88. The van der Waals surface area contributed by atoms with E-state index in [1.165, 1.54) is 18.3 Å². The number of hydrogen-bond acceptors (Lipinski definition) is 7. The molecule has 0 aliphatic heterocycles. The smallest absolute Gasteiger partial charge is 0.295 e. The fourth-order valence-corrected chi connectivity index (χ4v) is 1.67. The van der Waals surface area contributed by atoms with Crippen LogP contribution in [0.25, 0.3) is 0 Å². The lowest BCUT2D eigenvalue weighted by Gasteiger charge is -2.16. The second-order valence-corrected chi connectivity index (χ2v) is 5.76. The van der Waals surface area contributed by atoms with Crippen molar-refractivity contribution in [1.29, 1.82) is 0 Å². The van der Waals surface area contributed by atoms with Crippen molar-refractivity contribution in [3.05, 3.63) is 45.9 Å². The fraction of sp³-hybridized carbons (Fsp3) is 0.286. The van der Waals surface area contributed by atoms with Gasteiger partial charge in [0.2, 0.25) is 0 Å². The first-order chi connectivity index (χ1) is 10.3. The van der Waals surface area contributed by atoms with Crippen LogP contribution in [-0.4, -0.2) is 26.2 Å². The first-order valence-electron chi connectivity index (χ1n) is 6.62. The Morgan fingerprint density at radius 3 is 2.50 bits per heavy atom. The van der Waals surface area contributed by atoms with Crippen LogP contribution in [-0.2, 0) is 5.41 Å². The van der Waals surface area contributed by atoms with E-state index >= 15 is 0 Å². The Morgan fingerprint density at radius 1 is 1.27 bits per heavy atom. The second-order valence-electron chi connectivity index (χ2n) is 5.76. The Balaban J connectivity index is 2.19. The average Bonchev–Trinajstić information content (AvgIpc) is 2.44. The average molecular weight is 302 g/mol. The predicted molar refractivity (Wildman–Crippen MR) is 84.5 cm³/mol. The molecule has 1 heterocycles. The minimum atomic E-state index is -0.445. The zero-order chi connectivity index (χ0) is 16.3. The number of aromatic hydroxyl groups is 1. The summed E-state index contributed by atoms with van der Waals surface area (Å²) in [6.07, 6.45) is 1.50. The number of hydrogen-bond donors (Lipinski definition) is 3. The molecule has 2 rings (SSSR count). The number of phenols is 1. The lowest BCUT2D eigenvalue weighted by molar-refractivity contribution is 0.475. The van der Waals surface area contributed by atoms with Gasteiger partial charge in [-0.15, -0.1) is 10.2 Å². The third kappa shape index (κ3) is 3.40. The van der Waals surface area contributed by atoms with Gasteiger partial charge in [0.25, 0.3) is 11.5 Å². The van der Waals surface area contributed by atoms with Crippen LogP contribution in [0.4, 0.5) is 5.95 Å². The molecular formula is C14H18N6O2. The van der Waals surface area contributed by atoms with Gasteiger partial charge in [-0.25, -0.2) is 5.43 Å². The molecule has 4 N–H and O–H groups in total. The number of anilines is 1. The summed E-state index contributed by atoms with van der Waals surface area (Å²) in [4.78, 5) is 12.1. The number of nitrogen functional groups attached to an aromatic ring is 1. The van der Waals surface area contributed by atoms with Crippen molar-refractivity contribution in [1.82, 2.24) is 14.9 Å². The van der Waals surface area contributed by atoms with Crippen molar-refractivity contribution in [3.63, 3.8) is 0 Å². The minimum Gasteiger partial charge on any atom is -0.508 e. The molecule has 1 aromatic carbocycles. The monoisotopic (exact) mass is 302 g/mol. The van der Waals surface area contributed by atoms with E-state index in [1.54, 1.807) is 12.1 Å². The van der Waals surface area contributed by atoms with Gasteiger partial charge in [0.15, 0.2) is 0 Å². The number of phenolic OH excluding ortho intramolecular Hbond substituents is 1. The SMILES string of the molecule is CC(C)(C)c1nnc(N/N=C\c2ccc(O)cc2)n(N)c1=O. The van der Waals surface area contributed by atoms with Crippen LogP contribution < -0.4 is 16.8 Å². The quantitative estimate of drug-likeness (QED) is 0.438. The molecule has 2 aromatic rings. The maximum absolute atomic E-state index is 12.1. The van der Waals surface area contributed by atoms with E-state index in [2.05, 4.69) is 20.7 Å². The Kier molecular flexibility index (Phi) is 4.11. The summed E-state index contributed by atoms with van der Waals surface area (Å²) in [5, 5.41) is 20.9. The highest BCUT2D eigenvalue weighted by atomic mass is 16.3. The van der Waals surface area contributed by atoms with Gasteiger partial charge in [-0.3, -0.25) is 4.79 Å². The molecule has 8 heteroatoms. The van der Waals surface area contributed by atoms with Crippen molar-refractivity contribution in [3.8, 4) is 5.75 Å². The van der Waals surface area contributed by atoms with E-state index in [9.17, 15) is 9.90 Å². The summed E-state index contributed by atoms with van der Waals surface area (Å²) in [6, 6.07) is 6.45. The van der Waals surface area contributed by atoms with Gasteiger partial charge < -0.3 is 10.9 Å².